The Bertz CT molecular complexity index is 365. The average molecular weight is 193 g/mol. The molecule has 0 spiro atoms. The summed E-state index contributed by atoms with van der Waals surface area (Å²) in [5.74, 6) is 0. The summed E-state index contributed by atoms with van der Waals surface area (Å²) in [4.78, 5) is 0. The highest BCUT2D eigenvalue weighted by Crippen LogP contribution is 2.21. The molecule has 1 aromatic heterocycles. The van der Waals surface area contributed by atoms with Gasteiger partial charge in [-0.15, -0.1) is 0 Å². The lowest BCUT2D eigenvalue weighted by Gasteiger charge is -1.88. The molecule has 70 valence electrons. The second-order valence-corrected chi connectivity index (χ2v) is 3.28. The van der Waals surface area contributed by atoms with Gasteiger partial charge in [0.25, 0.3) is 0 Å². The first-order chi connectivity index (χ1) is 6.42. The van der Waals surface area contributed by atoms with Crippen molar-refractivity contribution in [1.82, 2.24) is 4.37 Å². The fourth-order valence-electron chi connectivity index (χ4n) is 1.19. The van der Waals surface area contributed by atoms with E-state index in [-0.39, 0.29) is 0 Å². The smallest absolute Gasteiger partial charge is 0.0618 e. The molecule has 0 aliphatic rings. The Hall–Kier alpha value is -0.890. The van der Waals surface area contributed by atoms with Gasteiger partial charge >= 0.3 is 0 Å². The lowest BCUT2D eigenvalue weighted by Crippen LogP contribution is -1.77. The van der Waals surface area contributed by atoms with Gasteiger partial charge in [-0.05, 0) is 24.0 Å². The number of benzene rings is 1. The van der Waals surface area contributed by atoms with Crippen LogP contribution in [0.4, 0.5) is 0 Å². The van der Waals surface area contributed by atoms with Crippen LogP contribution in [-0.2, 0) is 6.42 Å². The van der Waals surface area contributed by atoms with Gasteiger partial charge in [-0.1, -0.05) is 39.0 Å². The SMILES string of the molecule is CC.CCc1nsc2ccccc12. The van der Waals surface area contributed by atoms with Crippen LogP contribution in [0.1, 0.15) is 26.5 Å². The molecule has 0 fully saturated rings. The highest BCUT2D eigenvalue weighted by molar-refractivity contribution is 7.13. The van der Waals surface area contributed by atoms with Crippen molar-refractivity contribution in [3.05, 3.63) is 30.0 Å². The molecule has 0 aliphatic heterocycles. The van der Waals surface area contributed by atoms with E-state index in [0.717, 1.165) is 6.42 Å². The van der Waals surface area contributed by atoms with Crippen molar-refractivity contribution in [3.8, 4) is 0 Å². The van der Waals surface area contributed by atoms with Crippen LogP contribution < -0.4 is 0 Å². The topological polar surface area (TPSA) is 12.9 Å². The van der Waals surface area contributed by atoms with Crippen molar-refractivity contribution in [1.29, 1.82) is 0 Å². The van der Waals surface area contributed by atoms with Gasteiger partial charge in [0.05, 0.1) is 10.4 Å². The van der Waals surface area contributed by atoms with Crippen LogP contribution in [0.25, 0.3) is 10.1 Å². The molecule has 1 nitrogen and oxygen atoms in total. The predicted molar refractivity (Wildman–Crippen MR) is 60.3 cm³/mol. The number of nitrogens with zero attached hydrogens (tertiary/aromatic N) is 1. The molecule has 0 saturated heterocycles. The van der Waals surface area contributed by atoms with E-state index in [1.807, 2.05) is 13.8 Å². The maximum absolute atomic E-state index is 4.36. The molecule has 0 saturated carbocycles. The summed E-state index contributed by atoms with van der Waals surface area (Å²) in [5, 5.41) is 1.32. The Kier molecular flexibility index (Phi) is 3.90. The number of aryl methyl sites for hydroxylation is 1. The molecule has 0 aliphatic carbocycles. The standard InChI is InChI=1S/C9H9NS.C2H6/c1-2-8-7-5-3-4-6-9(7)11-10-8;1-2/h3-6H,2H2,1H3;1-2H3. The zero-order valence-electron chi connectivity index (χ0n) is 8.37. The minimum atomic E-state index is 1.03. The van der Waals surface area contributed by atoms with Crippen LogP contribution in [-0.4, -0.2) is 4.37 Å². The molecule has 0 radical (unpaired) electrons. The van der Waals surface area contributed by atoms with E-state index in [4.69, 9.17) is 0 Å². The van der Waals surface area contributed by atoms with Crippen molar-refractivity contribution in [2.24, 2.45) is 0 Å². The maximum Gasteiger partial charge on any atom is 0.0618 e. The van der Waals surface area contributed by atoms with Gasteiger partial charge in [0.2, 0.25) is 0 Å². The van der Waals surface area contributed by atoms with Gasteiger partial charge in [-0.2, -0.15) is 4.37 Å². The molecule has 2 aromatic rings. The van der Waals surface area contributed by atoms with E-state index < -0.39 is 0 Å². The summed E-state index contributed by atoms with van der Waals surface area (Å²) in [6.45, 7) is 6.14. The Labute approximate surface area is 83.6 Å². The first-order valence-corrected chi connectivity index (χ1v) is 5.52. The molecule has 0 bridgehead atoms. The van der Waals surface area contributed by atoms with Crippen LogP contribution in [0.5, 0.6) is 0 Å². The Morgan fingerprint density at radius 3 is 2.62 bits per heavy atom. The highest BCUT2D eigenvalue weighted by atomic mass is 32.1. The monoisotopic (exact) mass is 193 g/mol. The predicted octanol–water partition coefficient (Wildman–Crippen LogP) is 3.88. The molecule has 1 aromatic carbocycles. The quantitative estimate of drug-likeness (QED) is 0.669. The van der Waals surface area contributed by atoms with Gasteiger partial charge in [-0.3, -0.25) is 0 Å². The Balaban J connectivity index is 0.000000396. The third-order valence-corrected chi connectivity index (χ3v) is 2.65. The number of fused-ring (bicyclic) bond motifs is 1. The van der Waals surface area contributed by atoms with Crippen molar-refractivity contribution in [3.63, 3.8) is 0 Å². The Morgan fingerprint density at radius 2 is 1.92 bits per heavy atom. The van der Waals surface area contributed by atoms with Crippen LogP contribution in [0.15, 0.2) is 24.3 Å². The first kappa shape index (κ1) is 10.2. The number of rotatable bonds is 1. The van der Waals surface area contributed by atoms with Gasteiger partial charge < -0.3 is 0 Å². The van der Waals surface area contributed by atoms with E-state index in [2.05, 4.69) is 35.6 Å². The van der Waals surface area contributed by atoms with E-state index in [1.165, 1.54) is 15.8 Å². The highest BCUT2D eigenvalue weighted by Gasteiger charge is 2.00. The normalized spacial score (nSPS) is 9.46. The van der Waals surface area contributed by atoms with Gasteiger partial charge in [0, 0.05) is 5.39 Å². The lowest BCUT2D eigenvalue weighted by molar-refractivity contribution is 1.10. The van der Waals surface area contributed by atoms with E-state index in [1.54, 1.807) is 11.5 Å². The zero-order valence-corrected chi connectivity index (χ0v) is 9.19. The molecule has 13 heavy (non-hydrogen) atoms. The number of aromatic nitrogens is 1. The molecule has 0 N–H and O–H groups in total. The van der Waals surface area contributed by atoms with Crippen LogP contribution in [0.3, 0.4) is 0 Å². The molecule has 2 rings (SSSR count). The zero-order chi connectivity index (χ0) is 9.68. The van der Waals surface area contributed by atoms with Crippen molar-refractivity contribution in [2.75, 3.05) is 0 Å². The summed E-state index contributed by atoms with van der Waals surface area (Å²) < 4.78 is 5.65. The number of hydrogen-bond acceptors (Lipinski definition) is 2. The third-order valence-electron chi connectivity index (χ3n) is 1.79. The van der Waals surface area contributed by atoms with Crippen LogP contribution >= 0.6 is 11.5 Å². The summed E-state index contributed by atoms with van der Waals surface area (Å²) in [6.07, 6.45) is 1.03. The maximum atomic E-state index is 4.36. The molecular weight excluding hydrogens is 178 g/mol. The van der Waals surface area contributed by atoms with Gasteiger partial charge in [-0.25, -0.2) is 0 Å². The minimum Gasteiger partial charge on any atom is -0.196 e. The number of hydrogen-bond donors (Lipinski definition) is 0. The molecular formula is C11H15NS. The van der Waals surface area contributed by atoms with Crippen molar-refractivity contribution >= 4 is 21.6 Å². The second kappa shape index (κ2) is 4.97. The van der Waals surface area contributed by atoms with Crippen LogP contribution in [0.2, 0.25) is 0 Å². The van der Waals surface area contributed by atoms with Gasteiger partial charge in [0.15, 0.2) is 0 Å². The summed E-state index contributed by atoms with van der Waals surface area (Å²) in [5.41, 5.74) is 1.23. The average Bonchev–Trinajstić information content (AvgIpc) is 2.64. The second-order valence-electron chi connectivity index (χ2n) is 2.48. The third kappa shape index (κ3) is 2.07. The van der Waals surface area contributed by atoms with Gasteiger partial charge in [0.1, 0.15) is 0 Å². The van der Waals surface area contributed by atoms with Crippen molar-refractivity contribution in [2.45, 2.75) is 27.2 Å². The fourth-order valence-corrected chi connectivity index (χ4v) is 2.05. The summed E-state index contributed by atoms with van der Waals surface area (Å²) >= 11 is 1.59. The minimum absolute atomic E-state index is 1.03. The van der Waals surface area contributed by atoms with E-state index >= 15 is 0 Å². The van der Waals surface area contributed by atoms with E-state index in [9.17, 15) is 0 Å². The summed E-state index contributed by atoms with van der Waals surface area (Å²) in [6, 6.07) is 8.37. The lowest BCUT2D eigenvalue weighted by atomic mass is 10.2. The van der Waals surface area contributed by atoms with E-state index in [0.29, 0.717) is 0 Å². The largest absolute Gasteiger partial charge is 0.196 e. The Morgan fingerprint density at radius 1 is 1.23 bits per heavy atom. The molecule has 1 heterocycles. The molecule has 0 atom stereocenters. The molecule has 2 heteroatoms. The first-order valence-electron chi connectivity index (χ1n) is 4.75. The summed E-state index contributed by atoms with van der Waals surface area (Å²) in [7, 11) is 0. The van der Waals surface area contributed by atoms with Crippen molar-refractivity contribution < 1.29 is 0 Å². The molecule has 0 unspecified atom stereocenters. The molecule has 0 amide bonds. The van der Waals surface area contributed by atoms with Crippen LogP contribution in [0, 0.1) is 0 Å². The fraction of sp³-hybridized carbons (Fsp3) is 0.364.